The van der Waals surface area contributed by atoms with Gasteiger partial charge in [0, 0.05) is 33.3 Å². The van der Waals surface area contributed by atoms with Crippen molar-refractivity contribution in [3.8, 4) is 0 Å². The molecule has 1 N–H and O–H groups in total. The maximum absolute atomic E-state index is 12.8. The van der Waals surface area contributed by atoms with Crippen molar-refractivity contribution in [2.75, 3.05) is 6.61 Å². The lowest BCUT2D eigenvalue weighted by molar-refractivity contribution is -0.255. The zero-order chi connectivity index (χ0) is 24.7. The average molecular weight is 465 g/mol. The Morgan fingerprint density at radius 2 is 1.30 bits per heavy atom. The molecule has 1 aliphatic rings. The number of benzene rings is 1. The number of ether oxygens (including phenoxy) is 5. The predicted octanol–water partition coefficient (Wildman–Crippen LogP) is 0.808. The van der Waals surface area contributed by atoms with Crippen LogP contribution >= 0.6 is 0 Å². The van der Waals surface area contributed by atoms with Crippen molar-refractivity contribution in [2.45, 2.75) is 65.3 Å². The van der Waals surface area contributed by atoms with Crippen LogP contribution in [0.5, 0.6) is 0 Å². The number of aryl methyl sites for hydroxylation is 1. The number of amides is 1. The van der Waals surface area contributed by atoms with E-state index in [1.54, 1.807) is 24.3 Å². The Bertz CT molecular complexity index is 897. The molecule has 11 nitrogen and oxygen atoms in total. The first-order chi connectivity index (χ1) is 15.5. The highest BCUT2D eigenvalue weighted by Crippen LogP contribution is 2.28. The van der Waals surface area contributed by atoms with Gasteiger partial charge < -0.3 is 29.0 Å². The molecule has 33 heavy (non-hydrogen) atoms. The maximum atomic E-state index is 12.8. The number of hydrogen-bond donors (Lipinski definition) is 1. The number of carbonyl (C=O) groups excluding carboxylic acids is 5. The molecule has 0 radical (unpaired) electrons. The van der Waals surface area contributed by atoms with Crippen LogP contribution in [0.15, 0.2) is 24.3 Å². The van der Waals surface area contributed by atoms with Crippen molar-refractivity contribution in [1.29, 1.82) is 0 Å². The molecule has 11 heteroatoms. The summed E-state index contributed by atoms with van der Waals surface area (Å²) in [4.78, 5) is 59.5. The fourth-order valence-electron chi connectivity index (χ4n) is 3.26. The van der Waals surface area contributed by atoms with Gasteiger partial charge in [0.15, 0.2) is 24.5 Å². The molecule has 0 bridgehead atoms. The largest absolute Gasteiger partial charge is 0.463 e. The normalized spacial score (nSPS) is 24.2. The molecule has 1 heterocycles. The standard InChI is InChI=1S/C22H27NO10/c1-11-6-8-16(9-7-11)21(28)23-22-20(32-15(5)27)19(31-14(4)26)18(30-13(3)25)17(33-22)10-29-12(2)24/h6-9,17-20,22H,10H2,1-5H3,(H,23,28)/t17-,18-,19+,20-,22-/m1/s1. The number of carbonyl (C=O) groups is 5. The number of nitrogens with one attached hydrogen (secondary N) is 1. The summed E-state index contributed by atoms with van der Waals surface area (Å²) in [7, 11) is 0. The second-order valence-corrected chi connectivity index (χ2v) is 7.46. The molecule has 180 valence electrons. The molecule has 0 aliphatic carbocycles. The third-order valence-electron chi connectivity index (χ3n) is 4.58. The summed E-state index contributed by atoms with van der Waals surface area (Å²) in [5, 5.41) is 2.59. The topological polar surface area (TPSA) is 144 Å². The minimum absolute atomic E-state index is 0.299. The van der Waals surface area contributed by atoms with Crippen LogP contribution in [0.4, 0.5) is 0 Å². The first-order valence-electron chi connectivity index (χ1n) is 10.2. The van der Waals surface area contributed by atoms with Crippen molar-refractivity contribution in [3.63, 3.8) is 0 Å². The minimum atomic E-state index is -1.36. The Labute approximate surface area is 190 Å². The maximum Gasteiger partial charge on any atom is 0.303 e. The predicted molar refractivity (Wildman–Crippen MR) is 111 cm³/mol. The van der Waals surface area contributed by atoms with E-state index in [1.807, 2.05) is 6.92 Å². The van der Waals surface area contributed by atoms with Crippen LogP contribution in [0.1, 0.15) is 43.6 Å². The SMILES string of the molecule is CC(=O)OC[C@H]1O[C@@H](NC(=O)c2ccc(C)cc2)[C@H](OC(C)=O)[C@@H](OC(C)=O)[C@@H]1OC(C)=O. The Balaban J connectivity index is 2.42. The molecule has 0 saturated carbocycles. The Kier molecular flexibility index (Phi) is 8.92. The van der Waals surface area contributed by atoms with E-state index >= 15 is 0 Å². The van der Waals surface area contributed by atoms with Gasteiger partial charge in [-0.25, -0.2) is 0 Å². The Morgan fingerprint density at radius 1 is 0.788 bits per heavy atom. The zero-order valence-electron chi connectivity index (χ0n) is 19.0. The number of rotatable bonds is 7. The van der Waals surface area contributed by atoms with Crippen molar-refractivity contribution >= 4 is 29.8 Å². The fourth-order valence-corrected chi connectivity index (χ4v) is 3.26. The molecule has 1 aromatic carbocycles. The highest BCUT2D eigenvalue weighted by atomic mass is 16.7. The summed E-state index contributed by atoms with van der Waals surface area (Å²) < 4.78 is 26.7. The molecule has 0 unspecified atom stereocenters. The van der Waals surface area contributed by atoms with E-state index in [9.17, 15) is 24.0 Å². The molecule has 1 aromatic rings. The van der Waals surface area contributed by atoms with Gasteiger partial charge in [-0.2, -0.15) is 0 Å². The third-order valence-corrected chi connectivity index (χ3v) is 4.58. The molecule has 1 amide bonds. The molecule has 1 fully saturated rings. The summed E-state index contributed by atoms with van der Waals surface area (Å²) in [5.41, 5.74) is 1.24. The van der Waals surface area contributed by atoms with Gasteiger partial charge in [0.25, 0.3) is 5.91 Å². The zero-order valence-corrected chi connectivity index (χ0v) is 19.0. The van der Waals surface area contributed by atoms with E-state index in [0.29, 0.717) is 5.56 Å². The van der Waals surface area contributed by atoms with E-state index in [0.717, 1.165) is 26.3 Å². The molecular weight excluding hydrogens is 438 g/mol. The monoisotopic (exact) mass is 465 g/mol. The lowest BCUT2D eigenvalue weighted by Crippen LogP contribution is -2.66. The van der Waals surface area contributed by atoms with Crippen molar-refractivity contribution in [3.05, 3.63) is 35.4 Å². The smallest absolute Gasteiger partial charge is 0.303 e. The lowest BCUT2D eigenvalue weighted by Gasteiger charge is -2.44. The first kappa shape index (κ1) is 25.8. The van der Waals surface area contributed by atoms with Crippen LogP contribution in [0, 0.1) is 6.92 Å². The quantitative estimate of drug-likeness (QED) is 0.454. The van der Waals surface area contributed by atoms with Gasteiger partial charge in [-0.05, 0) is 19.1 Å². The molecule has 0 spiro atoms. The molecule has 1 saturated heterocycles. The fraction of sp³-hybridized carbons (Fsp3) is 0.500. The van der Waals surface area contributed by atoms with Gasteiger partial charge in [-0.3, -0.25) is 24.0 Å². The van der Waals surface area contributed by atoms with Crippen LogP contribution in [0.3, 0.4) is 0 Å². The van der Waals surface area contributed by atoms with Crippen LogP contribution in [0.2, 0.25) is 0 Å². The van der Waals surface area contributed by atoms with Crippen molar-refractivity contribution in [2.24, 2.45) is 0 Å². The Morgan fingerprint density at radius 3 is 1.82 bits per heavy atom. The lowest BCUT2D eigenvalue weighted by atomic mass is 9.97. The van der Waals surface area contributed by atoms with Gasteiger partial charge in [0.2, 0.25) is 0 Å². The van der Waals surface area contributed by atoms with Crippen LogP contribution < -0.4 is 5.32 Å². The van der Waals surface area contributed by atoms with Crippen molar-refractivity contribution < 1.29 is 47.7 Å². The van der Waals surface area contributed by atoms with Gasteiger partial charge in [-0.15, -0.1) is 0 Å². The van der Waals surface area contributed by atoms with Gasteiger partial charge in [-0.1, -0.05) is 17.7 Å². The van der Waals surface area contributed by atoms with Crippen molar-refractivity contribution in [1.82, 2.24) is 5.32 Å². The molecular formula is C22H27NO10. The average Bonchev–Trinajstić information content (AvgIpc) is 2.70. The second kappa shape index (κ2) is 11.4. The van der Waals surface area contributed by atoms with Gasteiger partial charge in [0.05, 0.1) is 0 Å². The first-order valence-corrected chi connectivity index (χ1v) is 10.2. The number of hydrogen-bond acceptors (Lipinski definition) is 10. The molecule has 5 atom stereocenters. The summed E-state index contributed by atoms with van der Waals surface area (Å²) >= 11 is 0. The van der Waals surface area contributed by atoms with E-state index in [-0.39, 0.29) is 6.61 Å². The summed E-state index contributed by atoms with van der Waals surface area (Å²) in [6.07, 6.45) is -6.47. The van der Waals surface area contributed by atoms with Crippen LogP contribution in [-0.2, 0) is 42.9 Å². The minimum Gasteiger partial charge on any atom is -0.463 e. The van der Waals surface area contributed by atoms with E-state index in [4.69, 9.17) is 23.7 Å². The molecule has 1 aliphatic heterocycles. The highest BCUT2D eigenvalue weighted by molar-refractivity contribution is 5.94. The van der Waals surface area contributed by atoms with Gasteiger partial charge in [0.1, 0.15) is 12.7 Å². The Hall–Kier alpha value is -3.47. The summed E-state index contributed by atoms with van der Waals surface area (Å²) in [6, 6.07) is 6.66. The molecule has 0 aromatic heterocycles. The van der Waals surface area contributed by atoms with Gasteiger partial charge >= 0.3 is 23.9 Å². The van der Waals surface area contributed by atoms with E-state index in [2.05, 4.69) is 5.32 Å². The highest BCUT2D eigenvalue weighted by Gasteiger charge is 2.52. The van der Waals surface area contributed by atoms with E-state index < -0.39 is 60.4 Å². The van der Waals surface area contributed by atoms with E-state index in [1.165, 1.54) is 6.92 Å². The van der Waals surface area contributed by atoms with Crippen LogP contribution in [0.25, 0.3) is 0 Å². The third kappa shape index (κ3) is 7.56. The summed E-state index contributed by atoms with van der Waals surface area (Å²) in [6.45, 7) is 6.02. The second-order valence-electron chi connectivity index (χ2n) is 7.46. The summed E-state index contributed by atoms with van der Waals surface area (Å²) in [5.74, 6) is -3.44. The number of esters is 4. The van der Waals surface area contributed by atoms with Crippen LogP contribution in [-0.4, -0.2) is 67.0 Å². The molecule has 2 rings (SSSR count).